The van der Waals surface area contributed by atoms with E-state index in [1.54, 1.807) is 16.4 Å². The molecule has 2 heterocycles. The van der Waals surface area contributed by atoms with Crippen molar-refractivity contribution in [3.63, 3.8) is 0 Å². The number of anilines is 1. The predicted molar refractivity (Wildman–Crippen MR) is 78.6 cm³/mol. The van der Waals surface area contributed by atoms with Crippen LogP contribution in [0.4, 0.5) is 5.82 Å². The van der Waals surface area contributed by atoms with E-state index in [9.17, 15) is 0 Å². The van der Waals surface area contributed by atoms with Crippen LogP contribution in [-0.2, 0) is 12.8 Å². The number of halogens is 1. The van der Waals surface area contributed by atoms with Gasteiger partial charge in [-0.25, -0.2) is 14.6 Å². The Morgan fingerprint density at radius 2 is 2.26 bits per heavy atom. The molecule has 0 aromatic carbocycles. The standard InChI is InChI=1S/C12H16ClN5S/c1-3-6-14-11-5-4-9(13)10(17-11)7-19-12-15-8-16-18(12)2/h4-5,8H,3,6-7H2,1-2H3,(H,14,17). The van der Waals surface area contributed by atoms with Crippen LogP contribution in [-0.4, -0.2) is 26.3 Å². The molecule has 0 saturated heterocycles. The second-order valence-corrected chi connectivity index (χ2v) is 5.36. The topological polar surface area (TPSA) is 55.6 Å². The first-order valence-corrected chi connectivity index (χ1v) is 7.43. The first-order chi connectivity index (χ1) is 9.20. The third kappa shape index (κ3) is 3.84. The molecule has 0 aliphatic rings. The van der Waals surface area contributed by atoms with Gasteiger partial charge in [-0.05, 0) is 18.6 Å². The van der Waals surface area contributed by atoms with Gasteiger partial charge in [0.15, 0.2) is 5.16 Å². The maximum atomic E-state index is 6.16. The molecule has 5 nitrogen and oxygen atoms in total. The van der Waals surface area contributed by atoms with Crippen molar-refractivity contribution in [2.24, 2.45) is 7.05 Å². The fourth-order valence-electron chi connectivity index (χ4n) is 1.49. The van der Waals surface area contributed by atoms with E-state index in [-0.39, 0.29) is 0 Å². The van der Waals surface area contributed by atoms with Crippen LogP contribution in [0.1, 0.15) is 19.0 Å². The van der Waals surface area contributed by atoms with Crippen molar-refractivity contribution in [1.29, 1.82) is 0 Å². The summed E-state index contributed by atoms with van der Waals surface area (Å²) in [4.78, 5) is 8.68. The van der Waals surface area contributed by atoms with E-state index in [1.807, 2.05) is 19.2 Å². The molecule has 0 fully saturated rings. The molecule has 2 aromatic heterocycles. The molecule has 7 heteroatoms. The van der Waals surface area contributed by atoms with Crippen molar-refractivity contribution in [3.05, 3.63) is 29.2 Å². The molecule has 19 heavy (non-hydrogen) atoms. The van der Waals surface area contributed by atoms with E-state index in [0.717, 1.165) is 29.6 Å². The van der Waals surface area contributed by atoms with Crippen molar-refractivity contribution >= 4 is 29.2 Å². The third-order valence-corrected chi connectivity index (χ3v) is 3.87. The highest BCUT2D eigenvalue weighted by molar-refractivity contribution is 7.98. The molecular weight excluding hydrogens is 282 g/mol. The summed E-state index contributed by atoms with van der Waals surface area (Å²) in [6.07, 6.45) is 2.60. The number of rotatable bonds is 6. The molecule has 0 unspecified atom stereocenters. The fourth-order valence-corrected chi connectivity index (χ4v) is 2.58. The summed E-state index contributed by atoms with van der Waals surface area (Å²) in [5, 5.41) is 8.81. The SMILES string of the molecule is CCCNc1ccc(Cl)c(CSc2ncnn2C)n1. The van der Waals surface area contributed by atoms with Crippen LogP contribution < -0.4 is 5.32 Å². The maximum absolute atomic E-state index is 6.16. The van der Waals surface area contributed by atoms with Gasteiger partial charge in [-0.15, -0.1) is 0 Å². The van der Waals surface area contributed by atoms with Crippen molar-refractivity contribution in [1.82, 2.24) is 19.7 Å². The number of hydrogen-bond donors (Lipinski definition) is 1. The van der Waals surface area contributed by atoms with Gasteiger partial charge < -0.3 is 5.32 Å². The predicted octanol–water partition coefficient (Wildman–Crippen LogP) is 2.98. The van der Waals surface area contributed by atoms with Gasteiger partial charge in [-0.1, -0.05) is 30.3 Å². The van der Waals surface area contributed by atoms with Crippen LogP contribution in [0, 0.1) is 0 Å². The van der Waals surface area contributed by atoms with Gasteiger partial charge in [-0.2, -0.15) is 5.10 Å². The van der Waals surface area contributed by atoms with Crippen LogP contribution in [0.5, 0.6) is 0 Å². The molecule has 1 N–H and O–H groups in total. The lowest BCUT2D eigenvalue weighted by atomic mass is 10.3. The molecule has 2 aromatic rings. The second-order valence-electron chi connectivity index (χ2n) is 4.01. The summed E-state index contributed by atoms with van der Waals surface area (Å²) < 4.78 is 1.73. The summed E-state index contributed by atoms with van der Waals surface area (Å²) in [6, 6.07) is 3.77. The summed E-state index contributed by atoms with van der Waals surface area (Å²) in [6.45, 7) is 3.03. The van der Waals surface area contributed by atoms with E-state index in [0.29, 0.717) is 10.8 Å². The molecular formula is C12H16ClN5S. The minimum absolute atomic E-state index is 0.674. The number of nitrogens with zero attached hydrogens (tertiary/aromatic N) is 4. The number of aromatic nitrogens is 4. The zero-order chi connectivity index (χ0) is 13.7. The average molecular weight is 298 g/mol. The van der Waals surface area contributed by atoms with Crippen molar-refractivity contribution in [2.75, 3.05) is 11.9 Å². The Kier molecular flexibility index (Phi) is 5.04. The number of nitrogens with one attached hydrogen (secondary N) is 1. The van der Waals surface area contributed by atoms with Crippen LogP contribution in [0.3, 0.4) is 0 Å². The van der Waals surface area contributed by atoms with Gasteiger partial charge in [0.25, 0.3) is 0 Å². The quantitative estimate of drug-likeness (QED) is 0.831. The monoisotopic (exact) mass is 297 g/mol. The number of pyridine rings is 1. The summed E-state index contributed by atoms with van der Waals surface area (Å²) in [5.41, 5.74) is 0.857. The lowest BCUT2D eigenvalue weighted by Crippen LogP contribution is -2.03. The Labute approximate surface area is 121 Å². The van der Waals surface area contributed by atoms with Gasteiger partial charge in [0.2, 0.25) is 0 Å². The van der Waals surface area contributed by atoms with Gasteiger partial charge >= 0.3 is 0 Å². The molecule has 2 rings (SSSR count). The summed E-state index contributed by atoms with van der Waals surface area (Å²) >= 11 is 7.73. The summed E-state index contributed by atoms with van der Waals surface area (Å²) in [5.74, 6) is 1.53. The highest BCUT2D eigenvalue weighted by Gasteiger charge is 2.07. The van der Waals surface area contributed by atoms with Crippen molar-refractivity contribution in [2.45, 2.75) is 24.3 Å². The Morgan fingerprint density at radius 3 is 2.95 bits per heavy atom. The molecule has 0 bridgehead atoms. The first-order valence-electron chi connectivity index (χ1n) is 6.06. The van der Waals surface area contributed by atoms with Gasteiger partial charge in [0.1, 0.15) is 12.1 Å². The highest BCUT2D eigenvalue weighted by Crippen LogP contribution is 2.24. The van der Waals surface area contributed by atoms with Crippen molar-refractivity contribution in [3.8, 4) is 0 Å². The number of thioether (sulfide) groups is 1. The zero-order valence-electron chi connectivity index (χ0n) is 10.9. The van der Waals surface area contributed by atoms with Crippen LogP contribution in [0.15, 0.2) is 23.6 Å². The minimum Gasteiger partial charge on any atom is -0.370 e. The second kappa shape index (κ2) is 6.77. The molecule has 0 saturated carbocycles. The molecule has 0 amide bonds. The van der Waals surface area contributed by atoms with Crippen LogP contribution in [0.25, 0.3) is 0 Å². The van der Waals surface area contributed by atoms with Gasteiger partial charge in [0, 0.05) is 19.3 Å². The maximum Gasteiger partial charge on any atom is 0.186 e. The smallest absolute Gasteiger partial charge is 0.186 e. The first kappa shape index (κ1) is 14.1. The molecule has 0 radical (unpaired) electrons. The van der Waals surface area contributed by atoms with Gasteiger partial charge in [-0.3, -0.25) is 0 Å². The molecule has 102 valence electrons. The Morgan fingerprint density at radius 1 is 1.42 bits per heavy atom. The van der Waals surface area contributed by atoms with E-state index in [1.165, 1.54) is 6.33 Å². The van der Waals surface area contributed by atoms with Crippen LogP contribution >= 0.6 is 23.4 Å². The Hall–Kier alpha value is -1.27. The normalized spacial score (nSPS) is 10.7. The molecule has 0 atom stereocenters. The van der Waals surface area contributed by atoms with Crippen LogP contribution in [0.2, 0.25) is 5.02 Å². The number of aryl methyl sites for hydroxylation is 1. The lowest BCUT2D eigenvalue weighted by molar-refractivity contribution is 0.685. The Balaban J connectivity index is 2.04. The summed E-state index contributed by atoms with van der Waals surface area (Å²) in [7, 11) is 1.86. The van der Waals surface area contributed by atoms with Crippen molar-refractivity contribution < 1.29 is 0 Å². The zero-order valence-corrected chi connectivity index (χ0v) is 12.5. The fraction of sp³-hybridized carbons (Fsp3) is 0.417. The number of hydrogen-bond acceptors (Lipinski definition) is 5. The molecule has 0 aliphatic heterocycles. The Bertz CT molecular complexity index is 543. The molecule has 0 spiro atoms. The highest BCUT2D eigenvalue weighted by atomic mass is 35.5. The molecule has 0 aliphatic carbocycles. The van der Waals surface area contributed by atoms with E-state index >= 15 is 0 Å². The largest absolute Gasteiger partial charge is 0.370 e. The lowest BCUT2D eigenvalue weighted by Gasteiger charge is -2.08. The minimum atomic E-state index is 0.674. The van der Waals surface area contributed by atoms with E-state index < -0.39 is 0 Å². The average Bonchev–Trinajstić information content (AvgIpc) is 2.82. The van der Waals surface area contributed by atoms with E-state index in [4.69, 9.17) is 11.6 Å². The van der Waals surface area contributed by atoms with E-state index in [2.05, 4.69) is 27.3 Å². The van der Waals surface area contributed by atoms with Gasteiger partial charge in [0.05, 0.1) is 10.7 Å². The third-order valence-electron chi connectivity index (χ3n) is 2.48.